The third-order valence-corrected chi connectivity index (χ3v) is 15.5. The van der Waals surface area contributed by atoms with E-state index in [1.54, 1.807) is 0 Å². The average molecular weight is 1010 g/mol. The van der Waals surface area contributed by atoms with Crippen LogP contribution in [-0.4, -0.2) is 101 Å². The molecule has 0 aromatic carbocycles. The van der Waals surface area contributed by atoms with Gasteiger partial charge in [0.2, 0.25) is 0 Å². The predicted octanol–water partition coefficient (Wildman–Crippen LogP) is 15.3. The third-order valence-electron chi connectivity index (χ3n) is 15.5. The Bertz CT molecular complexity index is 1260. The van der Waals surface area contributed by atoms with E-state index in [1.165, 1.54) is 77.0 Å². The van der Waals surface area contributed by atoms with Crippen LogP contribution in [0.4, 0.5) is 0 Å². The number of rotatable bonds is 49. The maximum absolute atomic E-state index is 13.4. The molecule has 4 unspecified atom stereocenters. The molecule has 2 fully saturated rings. The van der Waals surface area contributed by atoms with Gasteiger partial charge in [0.15, 0.2) is 12.6 Å². The van der Waals surface area contributed by atoms with Crippen molar-refractivity contribution in [3.8, 4) is 0 Å². The van der Waals surface area contributed by atoms with Crippen molar-refractivity contribution in [1.82, 2.24) is 4.90 Å². The third kappa shape index (κ3) is 33.0. The van der Waals surface area contributed by atoms with Crippen molar-refractivity contribution in [2.75, 3.05) is 65.9 Å². The zero-order valence-electron chi connectivity index (χ0n) is 47.5. The monoisotopic (exact) mass is 1010 g/mol. The van der Waals surface area contributed by atoms with Crippen LogP contribution < -0.4 is 0 Å². The number of hydrogen-bond acceptors (Lipinski definition) is 11. The van der Waals surface area contributed by atoms with Gasteiger partial charge in [0.25, 0.3) is 0 Å². The fourth-order valence-electron chi connectivity index (χ4n) is 11.5. The van der Waals surface area contributed by atoms with E-state index in [2.05, 4.69) is 53.4 Å². The second-order valence-electron chi connectivity index (χ2n) is 22.2. The molecule has 0 N–H and O–H groups in total. The number of carbonyl (C=O) groups excluding carboxylic acids is 3. The largest absolute Gasteiger partial charge is 0.466 e. The Balaban J connectivity index is 2.01. The van der Waals surface area contributed by atoms with Crippen LogP contribution >= 0.6 is 0 Å². The summed E-state index contributed by atoms with van der Waals surface area (Å²) in [6, 6.07) is 0. The van der Waals surface area contributed by atoms with Crippen LogP contribution in [0, 0.1) is 22.7 Å². The molecule has 11 heteroatoms. The summed E-state index contributed by atoms with van der Waals surface area (Å²) in [5.41, 5.74) is -0.00722. The molecular weight excluding hydrogens is 895 g/mol. The fourth-order valence-corrected chi connectivity index (χ4v) is 11.5. The zero-order valence-corrected chi connectivity index (χ0v) is 47.5. The maximum atomic E-state index is 13.4. The van der Waals surface area contributed by atoms with E-state index in [9.17, 15) is 14.4 Å². The van der Waals surface area contributed by atoms with E-state index in [0.29, 0.717) is 77.3 Å². The number of carbonyl (C=O) groups is 3. The molecule has 2 aliphatic rings. The summed E-state index contributed by atoms with van der Waals surface area (Å²) in [5, 5.41) is 0. The minimum atomic E-state index is -0.388. The minimum absolute atomic E-state index is 0.00205. The normalized spacial score (nSPS) is 20.0. The molecule has 4 atom stereocenters. The smallest absolute Gasteiger partial charge is 0.305 e. The van der Waals surface area contributed by atoms with E-state index < -0.39 is 0 Å². The van der Waals surface area contributed by atoms with Crippen molar-refractivity contribution < 1.29 is 47.5 Å². The van der Waals surface area contributed by atoms with Crippen molar-refractivity contribution in [3.63, 3.8) is 0 Å². The Morgan fingerprint density at radius 1 is 0.479 bits per heavy atom. The van der Waals surface area contributed by atoms with Crippen LogP contribution in [0.5, 0.6) is 0 Å². The van der Waals surface area contributed by atoms with Crippen molar-refractivity contribution in [2.45, 2.75) is 279 Å². The molecule has 2 saturated carbocycles. The molecule has 2 rings (SSSR count). The lowest BCUT2D eigenvalue weighted by Gasteiger charge is -2.55. The van der Waals surface area contributed by atoms with E-state index in [4.69, 9.17) is 33.2 Å². The highest BCUT2D eigenvalue weighted by molar-refractivity contribution is 5.70. The van der Waals surface area contributed by atoms with Gasteiger partial charge in [0, 0.05) is 45.7 Å². The van der Waals surface area contributed by atoms with Crippen molar-refractivity contribution in [2.24, 2.45) is 22.7 Å². The van der Waals surface area contributed by atoms with Gasteiger partial charge in [-0.1, -0.05) is 151 Å². The number of ether oxygens (including phenoxy) is 7. The lowest BCUT2D eigenvalue weighted by molar-refractivity contribution is -0.161. The van der Waals surface area contributed by atoms with Gasteiger partial charge in [-0.15, -0.1) is 0 Å². The summed E-state index contributed by atoms with van der Waals surface area (Å²) in [6.07, 6.45) is 33.3. The van der Waals surface area contributed by atoms with Gasteiger partial charge < -0.3 is 38.1 Å². The lowest BCUT2D eigenvalue weighted by Crippen LogP contribution is -2.45. The molecule has 0 aromatic heterocycles. The molecule has 0 aliphatic heterocycles. The Morgan fingerprint density at radius 2 is 0.901 bits per heavy atom. The van der Waals surface area contributed by atoms with Gasteiger partial charge in [0.1, 0.15) is 0 Å². The average Bonchev–Trinajstić information content (AvgIpc) is 3.34. The molecule has 0 saturated heterocycles. The first kappa shape index (κ1) is 65.3. The highest BCUT2D eigenvalue weighted by atomic mass is 16.7. The van der Waals surface area contributed by atoms with Crippen LogP contribution in [0.1, 0.15) is 267 Å². The van der Waals surface area contributed by atoms with Gasteiger partial charge in [-0.2, -0.15) is 0 Å². The molecule has 71 heavy (non-hydrogen) atoms. The standard InChI is InChI=1S/C60H113NO10/c1-8-14-18-22-26-40-68-57(69-41-27-23-19-15-9-2)34-32-55(63)66-45-37-59(7)48-53-47-52(36-44-65-54(62)31-30-39-61(12-5)13-6)49-60(50-53,51-59)38-46-67-56(64)33-35-58(70-42-28-24-20-16-10-3)71-43-29-25-21-17-11-4/h52-53,57-58H,8-51H2,1-7H3. The van der Waals surface area contributed by atoms with Gasteiger partial charge >= 0.3 is 17.9 Å². The topological polar surface area (TPSA) is 119 Å². The van der Waals surface area contributed by atoms with Crippen molar-refractivity contribution in [3.05, 3.63) is 0 Å². The Kier molecular flexibility index (Phi) is 39.0. The van der Waals surface area contributed by atoms with E-state index >= 15 is 0 Å². The lowest BCUT2D eigenvalue weighted by atomic mass is 9.50. The van der Waals surface area contributed by atoms with Crippen LogP contribution in [-0.2, 0) is 47.5 Å². The number of fused-ring (bicyclic) bond motifs is 2. The van der Waals surface area contributed by atoms with Gasteiger partial charge in [-0.3, -0.25) is 14.4 Å². The molecule has 0 aromatic rings. The van der Waals surface area contributed by atoms with Crippen molar-refractivity contribution >= 4 is 17.9 Å². The highest BCUT2D eigenvalue weighted by Crippen LogP contribution is 2.60. The first-order valence-electron chi connectivity index (χ1n) is 30.2. The summed E-state index contributed by atoms with van der Waals surface area (Å²) < 4.78 is 42.6. The molecule has 11 nitrogen and oxygen atoms in total. The summed E-state index contributed by atoms with van der Waals surface area (Å²) in [4.78, 5) is 41.6. The quantitative estimate of drug-likeness (QED) is 0.0251. The molecule has 0 radical (unpaired) electrons. The fraction of sp³-hybridized carbons (Fsp3) is 0.950. The van der Waals surface area contributed by atoms with E-state index in [1.807, 2.05) is 0 Å². The Morgan fingerprint density at radius 3 is 1.35 bits per heavy atom. The predicted molar refractivity (Wildman–Crippen MR) is 289 cm³/mol. The molecule has 0 spiro atoms. The van der Waals surface area contributed by atoms with Crippen LogP contribution in [0.2, 0.25) is 0 Å². The second kappa shape index (κ2) is 42.4. The maximum Gasteiger partial charge on any atom is 0.305 e. The Labute approximate surface area is 436 Å². The summed E-state index contributed by atoms with van der Waals surface area (Å²) in [6.45, 7) is 22.4. The summed E-state index contributed by atoms with van der Waals surface area (Å²) in [5.74, 6) is 0.485. The molecule has 0 heterocycles. The molecule has 2 aliphatic carbocycles. The van der Waals surface area contributed by atoms with Gasteiger partial charge in [-0.05, 0) is 126 Å². The van der Waals surface area contributed by atoms with Gasteiger partial charge in [0.05, 0.1) is 32.7 Å². The van der Waals surface area contributed by atoms with Crippen LogP contribution in [0.15, 0.2) is 0 Å². The summed E-state index contributed by atoms with van der Waals surface area (Å²) >= 11 is 0. The first-order chi connectivity index (χ1) is 34.5. The van der Waals surface area contributed by atoms with Crippen LogP contribution in [0.25, 0.3) is 0 Å². The molecule has 2 bridgehead atoms. The molecule has 0 amide bonds. The SMILES string of the molecule is CCCCCCCOC(CCC(=O)OCCC1(C)CC2CC(CCOC(=O)CCCN(CC)CC)CC(CCOC(=O)CCC(OCCCCCCC)OCCCCCCC)(C2)C1)OCCCCCCC. The first-order valence-corrected chi connectivity index (χ1v) is 30.2. The molecular formula is C60H113NO10. The number of esters is 3. The zero-order chi connectivity index (χ0) is 51.7. The Hall–Kier alpha value is -1.79. The summed E-state index contributed by atoms with van der Waals surface area (Å²) in [7, 11) is 0. The molecule has 418 valence electrons. The minimum Gasteiger partial charge on any atom is -0.466 e. The van der Waals surface area contributed by atoms with Gasteiger partial charge in [-0.25, -0.2) is 0 Å². The number of unbranched alkanes of at least 4 members (excludes halogenated alkanes) is 16. The van der Waals surface area contributed by atoms with E-state index in [0.717, 1.165) is 129 Å². The number of hydrogen-bond donors (Lipinski definition) is 0. The van der Waals surface area contributed by atoms with E-state index in [-0.39, 0.29) is 54.2 Å². The van der Waals surface area contributed by atoms with Crippen molar-refractivity contribution in [1.29, 1.82) is 0 Å². The highest BCUT2D eigenvalue weighted by Gasteiger charge is 2.50. The number of nitrogens with zero attached hydrogens (tertiary/aromatic N) is 1. The second-order valence-corrected chi connectivity index (χ2v) is 22.2. The van der Waals surface area contributed by atoms with Crippen LogP contribution in [0.3, 0.4) is 0 Å².